The van der Waals surface area contributed by atoms with E-state index in [9.17, 15) is 9.90 Å². The Hall–Kier alpha value is -0.0105. The van der Waals surface area contributed by atoms with Crippen molar-refractivity contribution in [2.75, 3.05) is 0 Å². The molecule has 0 saturated heterocycles. The van der Waals surface area contributed by atoms with E-state index in [4.69, 9.17) is 0 Å². The molecule has 0 unspecified atom stereocenters. The molecule has 3 heteroatoms. The van der Waals surface area contributed by atoms with Gasteiger partial charge in [-0.25, -0.2) is 0 Å². The molecule has 0 aliphatic heterocycles. The summed E-state index contributed by atoms with van der Waals surface area (Å²) in [6, 6.07) is 0. The molecular weight excluding hydrogens is 159 g/mol. The fourth-order valence-electron chi connectivity index (χ4n) is 0.236. The number of aliphatic carboxylic acids is 1. The van der Waals surface area contributed by atoms with Crippen LogP contribution in [-0.2, 0) is 4.79 Å². The summed E-state index contributed by atoms with van der Waals surface area (Å²) in [6.45, 7) is 0. The van der Waals surface area contributed by atoms with E-state index in [0.717, 1.165) is 0 Å². The van der Waals surface area contributed by atoms with Crippen molar-refractivity contribution < 1.29 is 9.90 Å². The molecule has 0 N–H and O–H groups in total. The molecule has 0 fully saturated rings. The summed E-state index contributed by atoms with van der Waals surface area (Å²) >= 11 is -0.780. The van der Waals surface area contributed by atoms with Crippen molar-refractivity contribution in [1.82, 2.24) is 0 Å². The summed E-state index contributed by atoms with van der Waals surface area (Å²) in [6.07, 6.45) is 0. The molecule has 0 aliphatic carbocycles. The number of carboxylic acid groups (broad SMARTS) is 1. The molecule has 0 spiro atoms. The van der Waals surface area contributed by atoms with Gasteiger partial charge in [0.15, 0.2) is 0 Å². The zero-order valence-corrected chi connectivity index (χ0v) is 6.14. The summed E-state index contributed by atoms with van der Waals surface area (Å²) < 4.78 is 0. The van der Waals surface area contributed by atoms with Crippen molar-refractivity contribution in [3.63, 3.8) is 0 Å². The molecule has 0 aromatic carbocycles. The summed E-state index contributed by atoms with van der Waals surface area (Å²) in [5.41, 5.74) is 0. The van der Waals surface area contributed by atoms with Crippen LogP contribution in [-0.4, -0.2) is 19.9 Å². The predicted molar refractivity (Wildman–Crippen MR) is 27.3 cm³/mol. The number of carboxylic acids is 1. The predicted octanol–water partition coefficient (Wildman–Crippen LogP) is -0.509. The van der Waals surface area contributed by atoms with Crippen LogP contribution in [0.1, 0.15) is 0 Å². The molecule has 0 atom stereocenters. The summed E-state index contributed by atoms with van der Waals surface area (Å²) in [4.78, 5) is 9.73. The van der Waals surface area contributed by atoms with Crippen molar-refractivity contribution in [1.29, 1.82) is 0 Å². The first-order chi connectivity index (χ1) is 3.13. The van der Waals surface area contributed by atoms with E-state index in [1.165, 1.54) is 0 Å². The van der Waals surface area contributed by atoms with E-state index in [1.54, 1.807) is 0 Å². The van der Waals surface area contributed by atoms with E-state index in [-0.39, 0.29) is 0 Å². The van der Waals surface area contributed by atoms with Crippen LogP contribution in [0.15, 0.2) is 0 Å². The monoisotopic (exact) mass is 168 g/mol. The van der Waals surface area contributed by atoms with Gasteiger partial charge in [-0.1, -0.05) is 0 Å². The van der Waals surface area contributed by atoms with Crippen molar-refractivity contribution in [3.05, 3.63) is 0 Å². The zero-order valence-electron chi connectivity index (χ0n) is 4.43. The Balaban J connectivity index is 3.13. The minimum atomic E-state index is -0.907. The van der Waals surface area contributed by atoms with Crippen molar-refractivity contribution in [2.45, 2.75) is 17.0 Å². The molecule has 0 aromatic heterocycles. The average Bonchev–Trinajstić information content (AvgIpc) is 1.27. The minimum absolute atomic E-state index is 0.292. The van der Waals surface area contributed by atoms with Gasteiger partial charge in [-0.05, 0) is 0 Å². The third-order valence-electron chi connectivity index (χ3n) is 0.407. The Morgan fingerprint density at radius 3 is 2.14 bits per heavy atom. The number of carbonyl (C=O) groups excluding carboxylic acids is 1. The van der Waals surface area contributed by atoms with Gasteiger partial charge in [-0.3, -0.25) is 0 Å². The summed E-state index contributed by atoms with van der Waals surface area (Å²) in [7, 11) is 0. The Morgan fingerprint density at radius 2 is 2.14 bits per heavy atom. The van der Waals surface area contributed by atoms with E-state index in [0.29, 0.717) is 5.32 Å². The molecule has 0 amide bonds. The molecule has 0 bridgehead atoms. The van der Waals surface area contributed by atoms with Crippen LogP contribution in [0.25, 0.3) is 0 Å². The van der Waals surface area contributed by atoms with Gasteiger partial charge in [0.25, 0.3) is 0 Å². The van der Waals surface area contributed by atoms with Gasteiger partial charge in [0.2, 0.25) is 0 Å². The maximum absolute atomic E-state index is 9.73. The third kappa shape index (κ3) is 5.99. The standard InChI is InChI=1S/C4H8O2Se/c1-7(2)3-4(5)6/h3H2,1-2H3. The Bertz CT molecular complexity index is 70.1. The quantitative estimate of drug-likeness (QED) is 0.519. The van der Waals surface area contributed by atoms with Gasteiger partial charge < -0.3 is 0 Å². The van der Waals surface area contributed by atoms with Crippen LogP contribution in [0.3, 0.4) is 0 Å². The Labute approximate surface area is 47.4 Å². The maximum atomic E-state index is 9.73. The van der Waals surface area contributed by atoms with Crippen molar-refractivity contribution in [3.8, 4) is 0 Å². The summed E-state index contributed by atoms with van der Waals surface area (Å²) in [5, 5.41) is 10.0. The average molecular weight is 167 g/mol. The summed E-state index contributed by atoms with van der Waals surface area (Å²) in [5.74, 6) is 3.03. The van der Waals surface area contributed by atoms with Gasteiger partial charge in [-0.2, -0.15) is 0 Å². The first-order valence-electron chi connectivity index (χ1n) is 1.87. The second-order valence-electron chi connectivity index (χ2n) is 1.50. The number of carbonyl (C=O) groups is 1. The molecule has 0 aliphatic rings. The second-order valence-corrected chi connectivity index (χ2v) is 6.24. The SMILES string of the molecule is C[Se+](C)CC(=O)[O-]. The number of hydrogen-bond donors (Lipinski definition) is 0. The number of hydrogen-bond acceptors (Lipinski definition) is 2. The van der Waals surface area contributed by atoms with Crippen LogP contribution < -0.4 is 5.11 Å². The van der Waals surface area contributed by atoms with Crippen LogP contribution in [0.2, 0.25) is 17.0 Å². The van der Waals surface area contributed by atoms with E-state index >= 15 is 0 Å². The molecule has 2 nitrogen and oxygen atoms in total. The van der Waals surface area contributed by atoms with Crippen molar-refractivity contribution in [2.24, 2.45) is 0 Å². The molecule has 0 heterocycles. The molecular formula is C4H8O2Se. The molecule has 0 aromatic rings. The van der Waals surface area contributed by atoms with Crippen molar-refractivity contribution >= 4 is 19.9 Å². The molecule has 0 rings (SSSR count). The first-order valence-corrected chi connectivity index (χ1v) is 6.50. The van der Waals surface area contributed by atoms with E-state index in [1.807, 2.05) is 11.6 Å². The van der Waals surface area contributed by atoms with Gasteiger partial charge in [0.05, 0.1) is 0 Å². The Kier molecular flexibility index (Phi) is 3.05. The molecule has 0 radical (unpaired) electrons. The molecule has 7 heavy (non-hydrogen) atoms. The van der Waals surface area contributed by atoms with Gasteiger partial charge in [-0.15, -0.1) is 0 Å². The van der Waals surface area contributed by atoms with Gasteiger partial charge >= 0.3 is 46.7 Å². The topological polar surface area (TPSA) is 40.1 Å². The molecule has 0 saturated carbocycles. The van der Waals surface area contributed by atoms with E-state index in [2.05, 4.69) is 0 Å². The fraction of sp³-hybridized carbons (Fsp3) is 0.750. The normalized spacial score (nSPS) is 9.57. The number of rotatable bonds is 2. The zero-order chi connectivity index (χ0) is 5.86. The third-order valence-corrected chi connectivity index (χ3v) is 2.11. The van der Waals surface area contributed by atoms with E-state index < -0.39 is 19.9 Å². The second kappa shape index (κ2) is 3.05. The van der Waals surface area contributed by atoms with Crippen LogP contribution in [0, 0.1) is 0 Å². The van der Waals surface area contributed by atoms with Crippen LogP contribution >= 0.6 is 0 Å². The van der Waals surface area contributed by atoms with Crippen LogP contribution in [0.4, 0.5) is 0 Å². The van der Waals surface area contributed by atoms with Gasteiger partial charge in [0.1, 0.15) is 0 Å². The molecule has 42 valence electrons. The fourth-order valence-corrected chi connectivity index (χ4v) is 1.22. The Morgan fingerprint density at radius 1 is 1.71 bits per heavy atom. The first kappa shape index (κ1) is 6.99. The van der Waals surface area contributed by atoms with Crippen LogP contribution in [0.5, 0.6) is 0 Å². The van der Waals surface area contributed by atoms with Gasteiger partial charge in [0, 0.05) is 0 Å².